The van der Waals surface area contributed by atoms with Gasteiger partial charge in [-0.1, -0.05) is 12.1 Å². The van der Waals surface area contributed by atoms with Gasteiger partial charge in [-0.3, -0.25) is 5.10 Å². The maximum atomic E-state index is 5.48. The summed E-state index contributed by atoms with van der Waals surface area (Å²) in [4.78, 5) is 4.24. The van der Waals surface area contributed by atoms with Crippen LogP contribution in [0, 0.1) is 0 Å². The van der Waals surface area contributed by atoms with E-state index in [9.17, 15) is 0 Å². The maximum absolute atomic E-state index is 5.48. The van der Waals surface area contributed by atoms with Crippen molar-refractivity contribution in [3.8, 4) is 11.6 Å². The van der Waals surface area contributed by atoms with Crippen LogP contribution in [0.4, 0.5) is 5.82 Å². The molecule has 0 atom stereocenters. The van der Waals surface area contributed by atoms with E-state index in [1.54, 1.807) is 17.8 Å². The quantitative estimate of drug-likeness (QED) is 0.771. The Morgan fingerprint density at radius 1 is 1.56 bits per heavy atom. The van der Waals surface area contributed by atoms with Gasteiger partial charge >= 0.3 is 0 Å². The molecule has 0 aliphatic carbocycles. The monoisotopic (exact) mass is 239 g/mol. The summed E-state index contributed by atoms with van der Waals surface area (Å²) in [5.74, 6) is 3.40. The number of hydrogen-bond acceptors (Lipinski definition) is 6. The first-order chi connectivity index (χ1) is 7.79. The van der Waals surface area contributed by atoms with Crippen LogP contribution in [0.1, 0.15) is 19.2 Å². The number of H-pyrrole nitrogens is 1. The zero-order valence-corrected chi connectivity index (χ0v) is 9.75. The predicted octanol–water partition coefficient (Wildman–Crippen LogP) is 1.69. The Kier molecular flexibility index (Phi) is 3.45. The molecular formula is C9H13N5OS. The summed E-state index contributed by atoms with van der Waals surface area (Å²) in [6.45, 7) is 2.14. The lowest BCUT2D eigenvalue weighted by Crippen LogP contribution is -1.85. The van der Waals surface area contributed by atoms with Gasteiger partial charge in [-0.05, 0) is 12.2 Å². The third-order valence-corrected chi connectivity index (χ3v) is 3.04. The second-order valence-electron chi connectivity index (χ2n) is 3.27. The number of hydrogen-bond donors (Lipinski definition) is 2. The van der Waals surface area contributed by atoms with Gasteiger partial charge in [0.15, 0.2) is 5.82 Å². The summed E-state index contributed by atoms with van der Waals surface area (Å²) >= 11 is 1.78. The molecule has 3 N–H and O–H groups in total. The summed E-state index contributed by atoms with van der Waals surface area (Å²) in [6.07, 6.45) is 1.15. The fourth-order valence-corrected chi connectivity index (χ4v) is 1.91. The molecule has 0 radical (unpaired) electrons. The van der Waals surface area contributed by atoms with Crippen LogP contribution in [0.3, 0.4) is 0 Å². The minimum atomic E-state index is 0.412. The Morgan fingerprint density at radius 2 is 2.44 bits per heavy atom. The highest BCUT2D eigenvalue weighted by atomic mass is 32.2. The van der Waals surface area contributed by atoms with Crippen molar-refractivity contribution < 1.29 is 4.52 Å². The Bertz CT molecular complexity index is 452. The number of aromatic amines is 1. The molecule has 0 aliphatic rings. The number of nitrogens with two attached hydrogens (primary N) is 1. The highest BCUT2D eigenvalue weighted by Gasteiger charge is 2.10. The average molecular weight is 239 g/mol. The molecular weight excluding hydrogens is 226 g/mol. The molecule has 86 valence electrons. The second-order valence-corrected chi connectivity index (χ2v) is 4.38. The van der Waals surface area contributed by atoms with Crippen LogP contribution in [0.5, 0.6) is 0 Å². The lowest BCUT2D eigenvalue weighted by molar-refractivity contribution is 0.424. The zero-order chi connectivity index (χ0) is 11.4. The topological polar surface area (TPSA) is 93.6 Å². The summed E-state index contributed by atoms with van der Waals surface area (Å²) < 4.78 is 5.09. The molecule has 7 heteroatoms. The molecule has 0 unspecified atom stereocenters. The van der Waals surface area contributed by atoms with E-state index in [-0.39, 0.29) is 0 Å². The SMILES string of the molecule is CCCSCc1noc(-c2cc(N)n[nH]2)n1. The van der Waals surface area contributed by atoms with Crippen LogP contribution in [-0.2, 0) is 5.75 Å². The molecule has 2 aromatic heterocycles. The standard InChI is InChI=1S/C9H13N5OS/c1-2-3-16-5-8-11-9(15-14-8)6-4-7(10)13-12-6/h4H,2-3,5H2,1H3,(H3,10,12,13). The van der Waals surface area contributed by atoms with Crippen molar-refractivity contribution in [3.05, 3.63) is 11.9 Å². The molecule has 0 fully saturated rings. The van der Waals surface area contributed by atoms with E-state index in [0.29, 0.717) is 23.2 Å². The molecule has 0 aliphatic heterocycles. The van der Waals surface area contributed by atoms with Crippen LogP contribution < -0.4 is 5.73 Å². The first-order valence-electron chi connectivity index (χ1n) is 5.01. The van der Waals surface area contributed by atoms with E-state index in [1.807, 2.05) is 0 Å². The van der Waals surface area contributed by atoms with Gasteiger partial charge in [0.1, 0.15) is 11.5 Å². The Hall–Kier alpha value is -1.50. The van der Waals surface area contributed by atoms with Gasteiger partial charge in [0.05, 0.1) is 5.75 Å². The van der Waals surface area contributed by atoms with Gasteiger partial charge in [0.25, 0.3) is 5.89 Å². The van der Waals surface area contributed by atoms with Gasteiger partial charge < -0.3 is 10.3 Å². The summed E-state index contributed by atoms with van der Waals surface area (Å²) in [5, 5.41) is 10.4. The molecule has 0 aromatic carbocycles. The van der Waals surface area contributed by atoms with Crippen molar-refractivity contribution in [2.45, 2.75) is 19.1 Å². The number of thioether (sulfide) groups is 1. The minimum absolute atomic E-state index is 0.412. The molecule has 0 spiro atoms. The molecule has 16 heavy (non-hydrogen) atoms. The fraction of sp³-hybridized carbons (Fsp3) is 0.444. The summed E-state index contributed by atoms with van der Waals surface area (Å²) in [6, 6.07) is 1.66. The van der Waals surface area contributed by atoms with Gasteiger partial charge in [-0.15, -0.1) is 0 Å². The van der Waals surface area contributed by atoms with Crippen molar-refractivity contribution in [1.29, 1.82) is 0 Å². The van der Waals surface area contributed by atoms with E-state index < -0.39 is 0 Å². The molecule has 2 rings (SSSR count). The second kappa shape index (κ2) is 5.02. The smallest absolute Gasteiger partial charge is 0.276 e. The summed E-state index contributed by atoms with van der Waals surface area (Å²) in [7, 11) is 0. The van der Waals surface area contributed by atoms with Crippen molar-refractivity contribution in [3.63, 3.8) is 0 Å². The van der Waals surface area contributed by atoms with Crippen LogP contribution in [-0.4, -0.2) is 26.1 Å². The van der Waals surface area contributed by atoms with Crippen molar-refractivity contribution in [2.24, 2.45) is 0 Å². The van der Waals surface area contributed by atoms with Gasteiger partial charge in [0.2, 0.25) is 0 Å². The van der Waals surface area contributed by atoms with E-state index in [4.69, 9.17) is 10.3 Å². The van der Waals surface area contributed by atoms with E-state index in [0.717, 1.165) is 17.9 Å². The third kappa shape index (κ3) is 2.54. The number of anilines is 1. The molecule has 0 saturated heterocycles. The van der Waals surface area contributed by atoms with Gasteiger partial charge in [-0.25, -0.2) is 0 Å². The predicted molar refractivity (Wildman–Crippen MR) is 62.7 cm³/mol. The number of nitrogens with one attached hydrogen (secondary N) is 1. The minimum Gasteiger partial charge on any atom is -0.382 e. The van der Waals surface area contributed by atoms with Crippen LogP contribution in [0.25, 0.3) is 11.6 Å². The number of nitrogens with zero attached hydrogens (tertiary/aromatic N) is 3. The Labute approximate surface area is 97.0 Å². The lowest BCUT2D eigenvalue weighted by atomic mass is 10.4. The van der Waals surface area contributed by atoms with E-state index in [1.165, 1.54) is 0 Å². The Balaban J connectivity index is 2.02. The molecule has 2 aromatic rings. The lowest BCUT2D eigenvalue weighted by Gasteiger charge is -1.91. The largest absolute Gasteiger partial charge is 0.382 e. The molecule has 0 saturated carbocycles. The van der Waals surface area contributed by atoms with Crippen LogP contribution in [0.2, 0.25) is 0 Å². The first kappa shape index (κ1) is 11.0. The Morgan fingerprint density at radius 3 is 3.12 bits per heavy atom. The molecule has 6 nitrogen and oxygen atoms in total. The van der Waals surface area contributed by atoms with Gasteiger partial charge in [-0.2, -0.15) is 21.8 Å². The molecule has 0 amide bonds. The fourth-order valence-electron chi connectivity index (χ4n) is 1.18. The van der Waals surface area contributed by atoms with Crippen LogP contribution in [0.15, 0.2) is 10.6 Å². The van der Waals surface area contributed by atoms with Crippen molar-refractivity contribution in [1.82, 2.24) is 20.3 Å². The number of rotatable bonds is 5. The zero-order valence-electron chi connectivity index (χ0n) is 8.93. The van der Waals surface area contributed by atoms with Crippen molar-refractivity contribution in [2.75, 3.05) is 11.5 Å². The normalized spacial score (nSPS) is 10.8. The highest BCUT2D eigenvalue weighted by Crippen LogP contribution is 2.18. The van der Waals surface area contributed by atoms with Crippen molar-refractivity contribution >= 4 is 17.6 Å². The highest BCUT2D eigenvalue weighted by molar-refractivity contribution is 7.98. The van der Waals surface area contributed by atoms with E-state index >= 15 is 0 Å². The average Bonchev–Trinajstić information content (AvgIpc) is 2.87. The summed E-state index contributed by atoms with van der Waals surface area (Å²) in [5.41, 5.74) is 6.13. The number of nitrogen functional groups attached to an aromatic ring is 1. The van der Waals surface area contributed by atoms with Gasteiger partial charge in [0, 0.05) is 6.07 Å². The molecule has 0 bridgehead atoms. The first-order valence-corrected chi connectivity index (χ1v) is 6.16. The number of aromatic nitrogens is 4. The van der Waals surface area contributed by atoms with Crippen LogP contribution >= 0.6 is 11.8 Å². The van der Waals surface area contributed by atoms with E-state index in [2.05, 4.69) is 27.3 Å². The third-order valence-electron chi connectivity index (χ3n) is 1.88. The molecule has 2 heterocycles. The maximum Gasteiger partial charge on any atom is 0.276 e.